The quantitative estimate of drug-likeness (QED) is 0.478. The first-order valence-corrected chi connectivity index (χ1v) is 9.51. The lowest BCUT2D eigenvalue weighted by atomic mass is 10.2. The van der Waals surface area contributed by atoms with Crippen molar-refractivity contribution in [2.75, 3.05) is 0 Å². The fraction of sp³-hybridized carbons (Fsp3) is 0.0952. The van der Waals surface area contributed by atoms with Crippen LogP contribution in [0.15, 0.2) is 71.5 Å². The summed E-state index contributed by atoms with van der Waals surface area (Å²) in [6, 6.07) is 21.7. The van der Waals surface area contributed by atoms with E-state index in [1.54, 1.807) is 15.9 Å². The van der Waals surface area contributed by atoms with Gasteiger partial charge in [-0.2, -0.15) is 0 Å². The predicted molar refractivity (Wildman–Crippen MR) is 108 cm³/mol. The third-order valence-electron chi connectivity index (χ3n) is 4.65. The van der Waals surface area contributed by atoms with Crippen LogP contribution in [0.1, 0.15) is 10.4 Å². The first kappa shape index (κ1) is 16.0. The molecule has 0 aliphatic heterocycles. The van der Waals surface area contributed by atoms with Crippen molar-refractivity contribution in [2.24, 2.45) is 0 Å². The largest absolute Gasteiger partial charge is 0.272 e. The van der Waals surface area contributed by atoms with Gasteiger partial charge in [-0.25, -0.2) is 0 Å². The van der Waals surface area contributed by atoms with Crippen LogP contribution >= 0.6 is 11.3 Å². The molecule has 0 aliphatic rings. The Morgan fingerprint density at radius 2 is 1.70 bits per heavy atom. The van der Waals surface area contributed by atoms with Crippen LogP contribution in [0.25, 0.3) is 27.4 Å². The van der Waals surface area contributed by atoms with Crippen molar-refractivity contribution in [1.82, 2.24) is 19.2 Å². The standard InChI is InChI=1S/C21H16N4OS/c1-14-11-12-18(27-14)19-22-23-21-24(13-15-7-3-2-4-8-15)20(26)16-9-5-6-10-17(16)25(19)21/h2-12H,13H2,1H3. The van der Waals surface area contributed by atoms with Crippen LogP contribution < -0.4 is 5.56 Å². The van der Waals surface area contributed by atoms with E-state index in [0.717, 1.165) is 21.8 Å². The van der Waals surface area contributed by atoms with E-state index in [4.69, 9.17) is 0 Å². The second-order valence-electron chi connectivity index (χ2n) is 6.46. The summed E-state index contributed by atoms with van der Waals surface area (Å²) >= 11 is 1.67. The Morgan fingerprint density at radius 1 is 0.926 bits per heavy atom. The van der Waals surface area contributed by atoms with Crippen LogP contribution in [0.4, 0.5) is 0 Å². The first-order valence-electron chi connectivity index (χ1n) is 8.70. The normalized spacial score (nSPS) is 11.4. The smallest absolute Gasteiger partial charge is 0.263 e. The lowest BCUT2D eigenvalue weighted by Gasteiger charge is -2.11. The van der Waals surface area contributed by atoms with Gasteiger partial charge in [0.15, 0.2) is 5.82 Å². The highest BCUT2D eigenvalue weighted by Gasteiger charge is 2.18. The summed E-state index contributed by atoms with van der Waals surface area (Å²) in [5.41, 5.74) is 1.82. The lowest BCUT2D eigenvalue weighted by Crippen LogP contribution is -2.24. The van der Waals surface area contributed by atoms with Crippen LogP contribution in [-0.4, -0.2) is 19.2 Å². The van der Waals surface area contributed by atoms with Gasteiger partial charge in [0, 0.05) is 4.88 Å². The van der Waals surface area contributed by atoms with Crippen molar-refractivity contribution in [1.29, 1.82) is 0 Å². The third kappa shape index (κ3) is 2.57. The first-order chi connectivity index (χ1) is 13.2. The van der Waals surface area contributed by atoms with Crippen molar-refractivity contribution in [3.63, 3.8) is 0 Å². The minimum absolute atomic E-state index is 0.0525. The van der Waals surface area contributed by atoms with Gasteiger partial charge in [0.25, 0.3) is 5.56 Å². The number of para-hydroxylation sites is 1. The van der Waals surface area contributed by atoms with Gasteiger partial charge >= 0.3 is 0 Å². The van der Waals surface area contributed by atoms with Gasteiger partial charge in [-0.3, -0.25) is 13.8 Å². The molecule has 5 aromatic rings. The van der Waals surface area contributed by atoms with Crippen molar-refractivity contribution in [3.05, 3.63) is 87.5 Å². The van der Waals surface area contributed by atoms with Crippen molar-refractivity contribution in [3.8, 4) is 10.7 Å². The number of hydrogen-bond donors (Lipinski definition) is 0. The summed E-state index contributed by atoms with van der Waals surface area (Å²) in [7, 11) is 0. The molecule has 0 radical (unpaired) electrons. The molecule has 0 aliphatic carbocycles. The Labute approximate surface area is 159 Å². The highest BCUT2D eigenvalue weighted by atomic mass is 32.1. The molecule has 0 bridgehead atoms. The average molecular weight is 372 g/mol. The zero-order valence-electron chi connectivity index (χ0n) is 14.7. The van der Waals surface area contributed by atoms with Crippen LogP contribution in [0.2, 0.25) is 0 Å². The third-order valence-corrected chi connectivity index (χ3v) is 5.65. The molecule has 6 heteroatoms. The van der Waals surface area contributed by atoms with Gasteiger partial charge in [0.2, 0.25) is 5.78 Å². The lowest BCUT2D eigenvalue weighted by molar-refractivity contribution is 0.767. The number of fused-ring (bicyclic) bond motifs is 3. The van der Waals surface area contributed by atoms with Gasteiger partial charge in [-0.05, 0) is 36.8 Å². The zero-order valence-corrected chi connectivity index (χ0v) is 15.5. The predicted octanol–water partition coefficient (Wildman–Crippen LogP) is 4.13. The molecule has 0 fully saturated rings. The summed E-state index contributed by atoms with van der Waals surface area (Å²) in [6.45, 7) is 2.52. The molecule has 0 atom stereocenters. The van der Waals surface area contributed by atoms with Crippen molar-refractivity contribution < 1.29 is 0 Å². The molecule has 2 aromatic carbocycles. The Kier molecular flexibility index (Phi) is 3.65. The number of aromatic nitrogens is 4. The molecule has 0 unspecified atom stereocenters. The summed E-state index contributed by atoms with van der Waals surface area (Å²) < 4.78 is 3.69. The van der Waals surface area contributed by atoms with Crippen LogP contribution in [0.3, 0.4) is 0 Å². The molecule has 0 saturated carbocycles. The van der Waals surface area contributed by atoms with Crippen LogP contribution in [-0.2, 0) is 6.54 Å². The summed E-state index contributed by atoms with van der Waals surface area (Å²) in [5.74, 6) is 1.32. The maximum atomic E-state index is 13.2. The molecule has 0 N–H and O–H groups in total. The Hall–Kier alpha value is -3.25. The fourth-order valence-corrected chi connectivity index (χ4v) is 4.22. The van der Waals surface area contributed by atoms with Crippen LogP contribution in [0.5, 0.6) is 0 Å². The zero-order chi connectivity index (χ0) is 18.4. The van der Waals surface area contributed by atoms with Crippen molar-refractivity contribution >= 4 is 28.0 Å². The summed E-state index contributed by atoms with van der Waals surface area (Å²) in [6.07, 6.45) is 0. The number of rotatable bonds is 3. The average Bonchev–Trinajstić information content (AvgIpc) is 3.32. The number of aryl methyl sites for hydroxylation is 1. The highest BCUT2D eigenvalue weighted by Crippen LogP contribution is 2.28. The minimum Gasteiger partial charge on any atom is -0.272 e. The summed E-state index contributed by atoms with van der Waals surface area (Å²) in [4.78, 5) is 15.4. The van der Waals surface area contributed by atoms with Gasteiger partial charge < -0.3 is 0 Å². The topological polar surface area (TPSA) is 52.2 Å². The van der Waals surface area contributed by atoms with Gasteiger partial charge in [0.1, 0.15) is 0 Å². The van der Waals surface area contributed by atoms with Crippen LogP contribution in [0, 0.1) is 6.92 Å². The van der Waals surface area contributed by atoms with Crippen molar-refractivity contribution in [2.45, 2.75) is 13.5 Å². The molecule has 5 nitrogen and oxygen atoms in total. The molecule has 0 spiro atoms. The fourth-order valence-electron chi connectivity index (χ4n) is 3.38. The molecule has 3 aromatic heterocycles. The molecule has 0 amide bonds. The number of thiophene rings is 1. The summed E-state index contributed by atoms with van der Waals surface area (Å²) in [5, 5.41) is 9.49. The minimum atomic E-state index is -0.0525. The maximum Gasteiger partial charge on any atom is 0.263 e. The van der Waals surface area contributed by atoms with Gasteiger partial charge in [-0.15, -0.1) is 21.5 Å². The Morgan fingerprint density at radius 3 is 2.48 bits per heavy atom. The molecule has 27 heavy (non-hydrogen) atoms. The molecule has 0 saturated heterocycles. The van der Waals surface area contributed by atoms with E-state index in [-0.39, 0.29) is 5.56 Å². The Bertz CT molecular complexity index is 1330. The molecular formula is C21H16N4OS. The van der Waals surface area contributed by atoms with E-state index in [1.807, 2.05) is 59.0 Å². The van der Waals surface area contributed by atoms with E-state index in [1.165, 1.54) is 4.88 Å². The number of hydrogen-bond acceptors (Lipinski definition) is 4. The maximum absolute atomic E-state index is 13.2. The van der Waals surface area contributed by atoms with Gasteiger partial charge in [0.05, 0.1) is 22.3 Å². The highest BCUT2D eigenvalue weighted by molar-refractivity contribution is 7.15. The number of benzene rings is 2. The second-order valence-corrected chi connectivity index (χ2v) is 7.75. The molecule has 3 heterocycles. The monoisotopic (exact) mass is 372 g/mol. The Balaban J connectivity index is 1.86. The van der Waals surface area contributed by atoms with E-state index < -0.39 is 0 Å². The second kappa shape index (κ2) is 6.17. The van der Waals surface area contributed by atoms with E-state index in [2.05, 4.69) is 29.3 Å². The van der Waals surface area contributed by atoms with Gasteiger partial charge in [-0.1, -0.05) is 42.5 Å². The number of nitrogens with zero attached hydrogens (tertiary/aromatic N) is 4. The van der Waals surface area contributed by atoms with E-state index >= 15 is 0 Å². The molecule has 132 valence electrons. The van der Waals surface area contributed by atoms with E-state index in [0.29, 0.717) is 17.7 Å². The molecular weight excluding hydrogens is 356 g/mol. The SMILES string of the molecule is Cc1ccc(-c2nnc3n(Cc4ccccc4)c(=O)c4ccccc4n23)s1. The molecule has 5 rings (SSSR count). The van der Waals surface area contributed by atoms with E-state index in [9.17, 15) is 4.79 Å².